The summed E-state index contributed by atoms with van der Waals surface area (Å²) in [4.78, 5) is 0. The molecule has 0 amide bonds. The molecule has 1 heterocycles. The second-order valence-electron chi connectivity index (χ2n) is 6.83. The number of benzene rings is 1. The van der Waals surface area contributed by atoms with Gasteiger partial charge in [-0.15, -0.1) is 0 Å². The second kappa shape index (κ2) is 8.51. The minimum Gasteiger partial charge on any atom is -0.490 e. The molecule has 0 aliphatic carbocycles. The standard InChI is InChI=1S/C19H28F2O2/c1-4-6-13(2)8-9-14(3)12-23-16-11-15-7-5-10-22-19(15)18(21)17(16)20/h11,13-14H,4-10,12H2,1-3H3. The van der Waals surface area contributed by atoms with Gasteiger partial charge in [-0.1, -0.05) is 40.0 Å². The quantitative estimate of drug-likeness (QED) is 0.626. The van der Waals surface area contributed by atoms with Crippen LogP contribution in [0.25, 0.3) is 0 Å². The third-order valence-corrected chi connectivity index (χ3v) is 4.50. The van der Waals surface area contributed by atoms with Crippen LogP contribution in [0.2, 0.25) is 0 Å². The highest BCUT2D eigenvalue weighted by Gasteiger charge is 2.23. The molecule has 1 aromatic rings. The predicted octanol–water partition coefficient (Wildman–Crippen LogP) is 5.52. The minimum atomic E-state index is -0.933. The molecule has 0 bridgehead atoms. The summed E-state index contributed by atoms with van der Waals surface area (Å²) in [6.45, 7) is 7.40. The summed E-state index contributed by atoms with van der Waals surface area (Å²) in [5, 5.41) is 0. The van der Waals surface area contributed by atoms with Gasteiger partial charge in [0.25, 0.3) is 0 Å². The highest BCUT2D eigenvalue weighted by Crippen LogP contribution is 2.35. The molecule has 130 valence electrons. The van der Waals surface area contributed by atoms with Gasteiger partial charge in [-0.2, -0.15) is 8.78 Å². The summed E-state index contributed by atoms with van der Waals surface area (Å²) in [5.74, 6) is -0.747. The predicted molar refractivity (Wildman–Crippen MR) is 88.1 cm³/mol. The molecule has 0 radical (unpaired) electrons. The molecule has 1 aliphatic heterocycles. The Kier molecular flexibility index (Phi) is 6.67. The average molecular weight is 326 g/mol. The Balaban J connectivity index is 1.91. The molecule has 2 nitrogen and oxygen atoms in total. The SMILES string of the molecule is CCCC(C)CCC(C)COc1cc2c(c(F)c1F)OCCC2. The molecule has 1 aliphatic rings. The summed E-state index contributed by atoms with van der Waals surface area (Å²) < 4.78 is 38.9. The van der Waals surface area contributed by atoms with Crippen molar-refractivity contribution < 1.29 is 18.3 Å². The van der Waals surface area contributed by atoms with Crippen LogP contribution in [0.1, 0.15) is 58.4 Å². The largest absolute Gasteiger partial charge is 0.490 e. The number of aryl methyl sites for hydroxylation is 1. The fourth-order valence-corrected chi connectivity index (χ4v) is 3.04. The van der Waals surface area contributed by atoms with E-state index in [0.717, 1.165) is 19.3 Å². The summed E-state index contributed by atoms with van der Waals surface area (Å²) >= 11 is 0. The fraction of sp³-hybridized carbons (Fsp3) is 0.684. The lowest BCUT2D eigenvalue weighted by molar-refractivity contribution is 0.224. The Labute approximate surface area is 138 Å². The smallest absolute Gasteiger partial charge is 0.204 e. The molecule has 23 heavy (non-hydrogen) atoms. The van der Waals surface area contributed by atoms with Crippen molar-refractivity contribution in [2.75, 3.05) is 13.2 Å². The van der Waals surface area contributed by atoms with Crippen LogP contribution in [0.15, 0.2) is 6.07 Å². The molecule has 0 saturated carbocycles. The van der Waals surface area contributed by atoms with E-state index in [1.807, 2.05) is 0 Å². The Morgan fingerprint density at radius 2 is 1.87 bits per heavy atom. The lowest BCUT2D eigenvalue weighted by Gasteiger charge is -2.21. The van der Waals surface area contributed by atoms with E-state index < -0.39 is 11.6 Å². The van der Waals surface area contributed by atoms with Crippen LogP contribution in [-0.4, -0.2) is 13.2 Å². The van der Waals surface area contributed by atoms with Crippen molar-refractivity contribution in [3.05, 3.63) is 23.3 Å². The van der Waals surface area contributed by atoms with Gasteiger partial charge in [-0.25, -0.2) is 0 Å². The monoisotopic (exact) mass is 326 g/mol. The Morgan fingerprint density at radius 3 is 2.61 bits per heavy atom. The van der Waals surface area contributed by atoms with Crippen LogP contribution in [-0.2, 0) is 6.42 Å². The van der Waals surface area contributed by atoms with Crippen LogP contribution in [0.4, 0.5) is 8.78 Å². The van der Waals surface area contributed by atoms with Gasteiger partial charge in [-0.3, -0.25) is 0 Å². The van der Waals surface area contributed by atoms with E-state index in [1.54, 1.807) is 6.07 Å². The first-order chi connectivity index (χ1) is 11.0. The molecule has 2 unspecified atom stereocenters. The molecule has 0 N–H and O–H groups in total. The third kappa shape index (κ3) is 4.82. The Bertz CT molecular complexity index is 517. The van der Waals surface area contributed by atoms with Gasteiger partial charge < -0.3 is 9.47 Å². The maximum atomic E-state index is 14.1. The van der Waals surface area contributed by atoms with Gasteiger partial charge in [-0.05, 0) is 37.2 Å². The molecule has 4 heteroatoms. The van der Waals surface area contributed by atoms with E-state index in [1.165, 1.54) is 12.8 Å². The van der Waals surface area contributed by atoms with Crippen molar-refractivity contribution in [1.29, 1.82) is 0 Å². The van der Waals surface area contributed by atoms with Gasteiger partial charge in [0.15, 0.2) is 11.5 Å². The minimum absolute atomic E-state index is 0.0141. The summed E-state index contributed by atoms with van der Waals surface area (Å²) in [5.41, 5.74) is 0.703. The van der Waals surface area contributed by atoms with Gasteiger partial charge in [0.1, 0.15) is 0 Å². The van der Waals surface area contributed by atoms with Crippen molar-refractivity contribution in [3.63, 3.8) is 0 Å². The van der Waals surface area contributed by atoms with Crippen molar-refractivity contribution in [1.82, 2.24) is 0 Å². The van der Waals surface area contributed by atoms with Gasteiger partial charge in [0.2, 0.25) is 11.6 Å². The maximum absolute atomic E-state index is 14.1. The fourth-order valence-electron chi connectivity index (χ4n) is 3.04. The van der Waals surface area contributed by atoms with E-state index in [9.17, 15) is 8.78 Å². The van der Waals surface area contributed by atoms with E-state index in [-0.39, 0.29) is 11.5 Å². The van der Waals surface area contributed by atoms with Crippen molar-refractivity contribution in [3.8, 4) is 11.5 Å². The first-order valence-electron chi connectivity index (χ1n) is 8.79. The van der Waals surface area contributed by atoms with E-state index >= 15 is 0 Å². The molecule has 2 atom stereocenters. The van der Waals surface area contributed by atoms with E-state index in [4.69, 9.17) is 9.47 Å². The molecule has 0 spiro atoms. The second-order valence-corrected chi connectivity index (χ2v) is 6.83. The normalized spacial score (nSPS) is 16.4. The third-order valence-electron chi connectivity index (χ3n) is 4.50. The van der Waals surface area contributed by atoms with Gasteiger partial charge >= 0.3 is 0 Å². The van der Waals surface area contributed by atoms with Crippen LogP contribution in [0, 0.1) is 23.5 Å². The maximum Gasteiger partial charge on any atom is 0.204 e. The molecular weight excluding hydrogens is 298 g/mol. The number of ether oxygens (including phenoxy) is 2. The number of hydrogen-bond donors (Lipinski definition) is 0. The summed E-state index contributed by atoms with van der Waals surface area (Å²) in [6, 6.07) is 1.60. The number of rotatable bonds is 8. The van der Waals surface area contributed by atoms with Crippen LogP contribution >= 0.6 is 0 Å². The average Bonchev–Trinajstić information content (AvgIpc) is 2.55. The molecule has 0 fully saturated rings. The molecule has 1 aromatic carbocycles. The first-order valence-corrected chi connectivity index (χ1v) is 8.79. The molecule has 0 aromatic heterocycles. The van der Waals surface area contributed by atoms with Crippen molar-refractivity contribution in [2.45, 2.75) is 59.3 Å². The van der Waals surface area contributed by atoms with Gasteiger partial charge in [0, 0.05) is 5.56 Å². The van der Waals surface area contributed by atoms with E-state index in [2.05, 4.69) is 20.8 Å². The molecule has 0 saturated heterocycles. The van der Waals surface area contributed by atoms with Crippen molar-refractivity contribution in [2.24, 2.45) is 11.8 Å². The van der Waals surface area contributed by atoms with Gasteiger partial charge in [0.05, 0.1) is 13.2 Å². The Hall–Kier alpha value is -1.32. The highest BCUT2D eigenvalue weighted by molar-refractivity contribution is 5.44. The summed E-state index contributed by atoms with van der Waals surface area (Å²) in [7, 11) is 0. The lowest BCUT2D eigenvalue weighted by Crippen LogP contribution is -2.14. The molecule has 2 rings (SSSR count). The van der Waals surface area contributed by atoms with E-state index in [0.29, 0.717) is 37.0 Å². The van der Waals surface area contributed by atoms with Crippen LogP contribution in [0.5, 0.6) is 11.5 Å². The van der Waals surface area contributed by atoms with Crippen LogP contribution in [0.3, 0.4) is 0 Å². The molecular formula is C19H28F2O2. The number of hydrogen-bond acceptors (Lipinski definition) is 2. The summed E-state index contributed by atoms with van der Waals surface area (Å²) in [6.07, 6.45) is 6.15. The zero-order valence-electron chi connectivity index (χ0n) is 14.5. The topological polar surface area (TPSA) is 18.5 Å². The highest BCUT2D eigenvalue weighted by atomic mass is 19.2. The van der Waals surface area contributed by atoms with Crippen molar-refractivity contribution >= 4 is 0 Å². The first kappa shape index (κ1) is 18.0. The Morgan fingerprint density at radius 1 is 1.13 bits per heavy atom. The number of halogens is 2. The number of fused-ring (bicyclic) bond motifs is 1. The zero-order chi connectivity index (χ0) is 16.8. The zero-order valence-corrected chi connectivity index (χ0v) is 14.5. The van der Waals surface area contributed by atoms with Crippen LogP contribution < -0.4 is 9.47 Å². The lowest BCUT2D eigenvalue weighted by atomic mass is 9.95.